The summed E-state index contributed by atoms with van der Waals surface area (Å²) in [7, 11) is 0. The van der Waals surface area contributed by atoms with Gasteiger partial charge in [0.05, 0.1) is 0 Å². The highest BCUT2D eigenvalue weighted by Crippen LogP contribution is 2.22. The van der Waals surface area contributed by atoms with E-state index in [9.17, 15) is 14.4 Å². The van der Waals surface area contributed by atoms with Crippen molar-refractivity contribution in [1.29, 1.82) is 0 Å². The Kier molecular flexibility index (Phi) is 5.32. The fraction of sp³-hybridized carbons (Fsp3) is 0.357. The number of ether oxygens (including phenoxy) is 1. The minimum Gasteiger partial charge on any atom is -0.475 e. The Labute approximate surface area is 127 Å². The lowest BCUT2D eigenvalue weighted by Gasteiger charge is -2.20. The number of aliphatic carboxylic acids is 1. The second-order valence-corrected chi connectivity index (χ2v) is 5.77. The summed E-state index contributed by atoms with van der Waals surface area (Å²) in [6, 6.07) is 4.43. The van der Waals surface area contributed by atoms with Crippen LogP contribution in [0.25, 0.3) is 0 Å². The molecule has 0 aliphatic rings. The third-order valence-electron chi connectivity index (χ3n) is 2.29. The van der Waals surface area contributed by atoms with Gasteiger partial charge in [-0.1, -0.05) is 11.6 Å². The van der Waals surface area contributed by atoms with Crippen LogP contribution < -0.4 is 5.32 Å². The number of hydrogen-bond donors (Lipinski definition) is 2. The van der Waals surface area contributed by atoms with E-state index in [1.807, 2.05) is 0 Å². The van der Waals surface area contributed by atoms with Gasteiger partial charge in [-0.3, -0.25) is 10.1 Å². The molecule has 0 atom stereocenters. The number of ketones is 1. The van der Waals surface area contributed by atoms with Gasteiger partial charge in [-0.15, -0.1) is 0 Å². The van der Waals surface area contributed by atoms with Crippen molar-refractivity contribution in [3.05, 3.63) is 28.8 Å². The highest BCUT2D eigenvalue weighted by atomic mass is 35.5. The van der Waals surface area contributed by atoms with E-state index in [2.05, 4.69) is 5.32 Å². The van der Waals surface area contributed by atoms with Gasteiger partial charge in [0.1, 0.15) is 5.60 Å². The molecule has 1 amide bonds. The smallest absolute Gasteiger partial charge is 0.412 e. The van der Waals surface area contributed by atoms with Crippen LogP contribution >= 0.6 is 11.6 Å². The second kappa shape index (κ2) is 6.58. The Balaban J connectivity index is 2.94. The quantitative estimate of drug-likeness (QED) is 0.834. The number of carbonyl (C=O) groups is 3. The van der Waals surface area contributed by atoms with E-state index < -0.39 is 23.4 Å². The van der Waals surface area contributed by atoms with Crippen molar-refractivity contribution in [1.82, 2.24) is 0 Å². The molecule has 0 spiro atoms. The summed E-state index contributed by atoms with van der Waals surface area (Å²) in [4.78, 5) is 33.6. The van der Waals surface area contributed by atoms with Crippen molar-refractivity contribution in [3.8, 4) is 0 Å². The Morgan fingerprint density at radius 2 is 1.90 bits per heavy atom. The number of benzene rings is 1. The minimum atomic E-state index is -1.54. The molecule has 0 fully saturated rings. The molecule has 6 nitrogen and oxygen atoms in total. The van der Waals surface area contributed by atoms with Crippen molar-refractivity contribution >= 4 is 35.1 Å². The Hall–Kier alpha value is -2.08. The van der Waals surface area contributed by atoms with Gasteiger partial charge in [0.25, 0.3) is 0 Å². The summed E-state index contributed by atoms with van der Waals surface area (Å²) >= 11 is 5.82. The third kappa shape index (κ3) is 5.83. The Morgan fingerprint density at radius 3 is 2.43 bits per heavy atom. The Bertz CT molecular complexity index is 577. The molecule has 0 radical (unpaired) electrons. The van der Waals surface area contributed by atoms with Gasteiger partial charge in [0.15, 0.2) is 0 Å². The van der Waals surface area contributed by atoms with Gasteiger partial charge >= 0.3 is 12.1 Å². The van der Waals surface area contributed by atoms with Crippen molar-refractivity contribution in [2.24, 2.45) is 0 Å². The van der Waals surface area contributed by atoms with Crippen LogP contribution in [0.1, 0.15) is 26.3 Å². The molecular formula is C14H16ClNO5. The first-order chi connectivity index (χ1) is 9.58. The van der Waals surface area contributed by atoms with Crippen molar-refractivity contribution < 1.29 is 24.2 Å². The fourth-order valence-corrected chi connectivity index (χ4v) is 1.69. The predicted molar refractivity (Wildman–Crippen MR) is 77.7 cm³/mol. The lowest BCUT2D eigenvalue weighted by atomic mass is 10.1. The molecule has 0 saturated carbocycles. The van der Waals surface area contributed by atoms with Crippen LogP contribution in [-0.4, -0.2) is 28.6 Å². The lowest BCUT2D eigenvalue weighted by molar-refractivity contribution is -0.148. The number of carboxylic acid groups (broad SMARTS) is 1. The number of nitrogens with one attached hydrogen (secondary N) is 1. The maximum absolute atomic E-state index is 11.7. The zero-order chi connectivity index (χ0) is 16.2. The first kappa shape index (κ1) is 17.0. The van der Waals surface area contributed by atoms with Crippen molar-refractivity contribution in [3.63, 3.8) is 0 Å². The molecule has 7 heteroatoms. The van der Waals surface area contributed by atoms with Crippen molar-refractivity contribution in [2.75, 3.05) is 5.32 Å². The van der Waals surface area contributed by atoms with Crippen molar-refractivity contribution in [2.45, 2.75) is 32.8 Å². The van der Waals surface area contributed by atoms with E-state index in [1.165, 1.54) is 18.2 Å². The molecule has 0 bridgehead atoms. The van der Waals surface area contributed by atoms with E-state index in [0.29, 0.717) is 10.6 Å². The van der Waals surface area contributed by atoms with Crippen LogP contribution in [0.2, 0.25) is 5.02 Å². The number of anilines is 1. The first-order valence-electron chi connectivity index (χ1n) is 6.13. The molecule has 0 heterocycles. The lowest BCUT2D eigenvalue weighted by Crippen LogP contribution is -2.27. The minimum absolute atomic E-state index is 0.281. The maximum atomic E-state index is 11.7. The number of carboxylic acids is 1. The molecule has 0 aliphatic heterocycles. The summed E-state index contributed by atoms with van der Waals surface area (Å²) < 4.78 is 5.10. The van der Waals surface area contributed by atoms with Crippen LogP contribution in [0.4, 0.5) is 10.5 Å². The average Bonchev–Trinajstić information content (AvgIpc) is 2.30. The van der Waals surface area contributed by atoms with Gasteiger partial charge in [-0.25, -0.2) is 9.59 Å². The number of hydrogen-bond acceptors (Lipinski definition) is 4. The van der Waals surface area contributed by atoms with E-state index in [1.54, 1.807) is 20.8 Å². The molecular weight excluding hydrogens is 298 g/mol. The molecule has 114 valence electrons. The van der Waals surface area contributed by atoms with Gasteiger partial charge in [0, 0.05) is 17.1 Å². The molecule has 0 aromatic heterocycles. The van der Waals surface area contributed by atoms with E-state index >= 15 is 0 Å². The van der Waals surface area contributed by atoms with Crippen LogP contribution in [-0.2, 0) is 20.7 Å². The number of halogens is 1. The number of Topliss-reactive ketones (excluding diaryl/α,β-unsaturated/α-hetero) is 1. The summed E-state index contributed by atoms with van der Waals surface area (Å²) in [6.07, 6.45) is -1.07. The molecule has 1 rings (SSSR count). The standard InChI is InChI=1S/C14H16ClNO5/c1-14(2,3)21-13(20)16-10-5-4-9(15)6-8(10)7-11(17)12(18)19/h4-6H,7H2,1-3H3,(H,16,20)(H,18,19). The van der Waals surface area contributed by atoms with Gasteiger partial charge in [0.2, 0.25) is 5.78 Å². The molecule has 21 heavy (non-hydrogen) atoms. The van der Waals surface area contributed by atoms with E-state index in [4.69, 9.17) is 21.4 Å². The summed E-state index contributed by atoms with van der Waals surface area (Å²) in [5.74, 6) is -2.54. The normalized spacial score (nSPS) is 10.9. The molecule has 1 aromatic carbocycles. The van der Waals surface area contributed by atoms with Crippen LogP contribution in [0.15, 0.2) is 18.2 Å². The molecule has 2 N–H and O–H groups in total. The summed E-state index contributed by atoms with van der Waals surface area (Å²) in [5.41, 5.74) is -0.0860. The average molecular weight is 314 g/mol. The summed E-state index contributed by atoms with van der Waals surface area (Å²) in [5, 5.41) is 11.4. The SMILES string of the molecule is CC(C)(C)OC(=O)Nc1ccc(Cl)cc1CC(=O)C(=O)O. The fourth-order valence-electron chi connectivity index (χ4n) is 1.49. The van der Waals surface area contributed by atoms with Crippen LogP contribution in [0.5, 0.6) is 0 Å². The van der Waals surface area contributed by atoms with Crippen LogP contribution in [0, 0.1) is 0 Å². The predicted octanol–water partition coefficient (Wildman–Crippen LogP) is 2.88. The van der Waals surface area contributed by atoms with E-state index in [0.717, 1.165) is 0 Å². The Morgan fingerprint density at radius 1 is 1.29 bits per heavy atom. The highest BCUT2D eigenvalue weighted by molar-refractivity contribution is 6.33. The first-order valence-corrected chi connectivity index (χ1v) is 6.51. The highest BCUT2D eigenvalue weighted by Gasteiger charge is 2.19. The number of carbonyl (C=O) groups excluding carboxylic acids is 2. The second-order valence-electron chi connectivity index (χ2n) is 5.33. The van der Waals surface area contributed by atoms with Gasteiger partial charge in [-0.05, 0) is 44.5 Å². The number of rotatable bonds is 4. The van der Waals surface area contributed by atoms with Gasteiger partial charge in [-0.2, -0.15) is 0 Å². The molecule has 0 unspecified atom stereocenters. The zero-order valence-corrected chi connectivity index (χ0v) is 12.7. The maximum Gasteiger partial charge on any atom is 0.412 e. The molecule has 0 saturated heterocycles. The van der Waals surface area contributed by atoms with E-state index in [-0.39, 0.29) is 12.1 Å². The molecule has 0 aliphatic carbocycles. The monoisotopic (exact) mass is 313 g/mol. The summed E-state index contributed by atoms with van der Waals surface area (Å²) in [6.45, 7) is 5.13. The molecule has 1 aromatic rings. The number of amides is 1. The zero-order valence-electron chi connectivity index (χ0n) is 11.9. The largest absolute Gasteiger partial charge is 0.475 e. The van der Waals surface area contributed by atoms with Crippen LogP contribution in [0.3, 0.4) is 0 Å². The third-order valence-corrected chi connectivity index (χ3v) is 2.53. The van der Waals surface area contributed by atoms with Gasteiger partial charge < -0.3 is 9.84 Å². The topological polar surface area (TPSA) is 92.7 Å².